The van der Waals surface area contributed by atoms with Crippen molar-refractivity contribution in [3.05, 3.63) is 41.5 Å². The summed E-state index contributed by atoms with van der Waals surface area (Å²) in [4.78, 5) is 32.3. The van der Waals surface area contributed by atoms with Crippen molar-refractivity contribution in [1.29, 1.82) is 0 Å². The van der Waals surface area contributed by atoms with Crippen LogP contribution in [0.15, 0.2) is 30.3 Å². The molecule has 1 aromatic carbocycles. The third-order valence-corrected chi connectivity index (χ3v) is 5.33. The lowest BCUT2D eigenvalue weighted by molar-refractivity contribution is 0.0967. The van der Waals surface area contributed by atoms with Gasteiger partial charge < -0.3 is 9.47 Å². The summed E-state index contributed by atoms with van der Waals surface area (Å²) in [6.07, 6.45) is 1.62. The fourth-order valence-corrected chi connectivity index (χ4v) is 3.70. The van der Waals surface area contributed by atoms with Crippen LogP contribution in [-0.4, -0.2) is 44.4 Å². The molecule has 3 rings (SSSR count). The first-order valence-electron chi connectivity index (χ1n) is 8.72. The summed E-state index contributed by atoms with van der Waals surface area (Å²) in [6.45, 7) is 0. The maximum atomic E-state index is 12.4. The van der Waals surface area contributed by atoms with Crippen molar-refractivity contribution in [3.8, 4) is 11.8 Å². The third-order valence-electron chi connectivity index (χ3n) is 4.15. The highest BCUT2D eigenvalue weighted by Gasteiger charge is 2.32. The minimum absolute atomic E-state index is 0.0460. The van der Waals surface area contributed by atoms with Crippen LogP contribution in [-0.2, 0) is 15.8 Å². The third kappa shape index (κ3) is 5.41. The van der Waals surface area contributed by atoms with E-state index in [-0.39, 0.29) is 29.4 Å². The lowest BCUT2D eigenvalue weighted by Crippen LogP contribution is -2.36. The van der Waals surface area contributed by atoms with Crippen LogP contribution in [0, 0.1) is 5.92 Å². The van der Waals surface area contributed by atoms with Gasteiger partial charge in [0.05, 0.1) is 26.0 Å². The number of aromatic nitrogens is 2. The van der Waals surface area contributed by atoms with Gasteiger partial charge in [-0.15, -0.1) is 0 Å². The predicted molar refractivity (Wildman–Crippen MR) is 103 cm³/mol. The Balaban J connectivity index is 1.70. The number of ether oxygens (including phenoxy) is 2. The Morgan fingerprint density at radius 3 is 2.31 bits per heavy atom. The van der Waals surface area contributed by atoms with Crippen molar-refractivity contribution in [2.75, 3.05) is 19.5 Å². The van der Waals surface area contributed by atoms with Crippen molar-refractivity contribution in [2.24, 2.45) is 5.92 Å². The molecule has 10 nitrogen and oxygen atoms in total. The van der Waals surface area contributed by atoms with Crippen LogP contribution in [0.4, 0.5) is 10.7 Å². The highest BCUT2D eigenvalue weighted by atomic mass is 32.2. The number of benzene rings is 1. The lowest BCUT2D eigenvalue weighted by atomic mass is 10.0. The summed E-state index contributed by atoms with van der Waals surface area (Å²) in [7, 11) is -1.34. The number of rotatable bonds is 8. The Morgan fingerprint density at radius 1 is 1.10 bits per heavy atom. The van der Waals surface area contributed by atoms with Gasteiger partial charge in [0.2, 0.25) is 27.7 Å². The number of hydrogen-bond acceptors (Lipinski definition) is 8. The average molecular weight is 420 g/mol. The molecular formula is C18H20N4O6S. The lowest BCUT2D eigenvalue weighted by Gasteiger charge is -2.11. The SMILES string of the molecule is COc1cc(OC)nc(NC(=O)NS(=O)(=O)Cc2ccccc2C(=O)C2CC2)n1. The van der Waals surface area contributed by atoms with E-state index in [2.05, 4.69) is 15.3 Å². The molecule has 0 aliphatic heterocycles. The van der Waals surface area contributed by atoms with Crippen molar-refractivity contribution in [1.82, 2.24) is 14.7 Å². The van der Waals surface area contributed by atoms with Crippen LogP contribution in [0.1, 0.15) is 28.8 Å². The van der Waals surface area contributed by atoms with Crippen LogP contribution in [0.25, 0.3) is 0 Å². The smallest absolute Gasteiger partial charge is 0.335 e. The molecule has 1 aliphatic carbocycles. The van der Waals surface area contributed by atoms with Crippen LogP contribution in [0.2, 0.25) is 0 Å². The van der Waals surface area contributed by atoms with Crippen molar-refractivity contribution < 1.29 is 27.5 Å². The summed E-state index contributed by atoms with van der Waals surface area (Å²) in [5.74, 6) is -0.576. The first-order valence-corrected chi connectivity index (χ1v) is 10.4. The number of methoxy groups -OCH3 is 2. The molecule has 2 N–H and O–H groups in total. The first kappa shape index (κ1) is 20.5. The molecule has 29 heavy (non-hydrogen) atoms. The molecule has 1 saturated carbocycles. The molecule has 0 saturated heterocycles. The Morgan fingerprint density at radius 2 is 1.72 bits per heavy atom. The molecule has 1 aliphatic rings. The van der Waals surface area contributed by atoms with E-state index < -0.39 is 21.8 Å². The Hall–Kier alpha value is -3.21. The number of hydrogen-bond donors (Lipinski definition) is 2. The van der Waals surface area contributed by atoms with Gasteiger partial charge in [-0.2, -0.15) is 9.97 Å². The zero-order chi connectivity index (χ0) is 21.0. The summed E-state index contributed by atoms with van der Waals surface area (Å²) >= 11 is 0. The maximum Gasteiger partial charge on any atom is 0.335 e. The Bertz CT molecular complexity index is 1010. The van der Waals surface area contributed by atoms with E-state index in [0.717, 1.165) is 12.8 Å². The van der Waals surface area contributed by atoms with E-state index in [9.17, 15) is 18.0 Å². The van der Waals surface area contributed by atoms with E-state index >= 15 is 0 Å². The predicted octanol–water partition coefficient (Wildman–Crippen LogP) is 1.74. The van der Waals surface area contributed by atoms with E-state index in [1.54, 1.807) is 24.3 Å². The maximum absolute atomic E-state index is 12.4. The van der Waals surface area contributed by atoms with Crippen LogP contribution >= 0.6 is 0 Å². The van der Waals surface area contributed by atoms with Crippen LogP contribution < -0.4 is 19.5 Å². The highest BCUT2D eigenvalue weighted by Crippen LogP contribution is 2.33. The molecule has 0 atom stereocenters. The van der Waals surface area contributed by atoms with Crippen molar-refractivity contribution in [3.63, 3.8) is 0 Å². The van der Waals surface area contributed by atoms with Gasteiger partial charge in [0.25, 0.3) is 0 Å². The molecule has 2 aromatic rings. The molecule has 154 valence electrons. The van der Waals surface area contributed by atoms with Gasteiger partial charge in [0, 0.05) is 11.5 Å². The van der Waals surface area contributed by atoms with E-state index in [1.807, 2.05) is 4.72 Å². The number of amides is 2. The number of Topliss-reactive ketones (excluding diaryl/α,β-unsaturated/α-hetero) is 1. The fourth-order valence-electron chi connectivity index (χ4n) is 2.63. The van der Waals surface area contributed by atoms with E-state index in [1.165, 1.54) is 20.3 Å². The molecular weight excluding hydrogens is 400 g/mol. The summed E-state index contributed by atoms with van der Waals surface area (Å²) in [6, 6.07) is 6.83. The minimum Gasteiger partial charge on any atom is -0.481 e. The number of anilines is 1. The zero-order valence-corrected chi connectivity index (χ0v) is 16.7. The van der Waals surface area contributed by atoms with Gasteiger partial charge in [-0.3, -0.25) is 10.1 Å². The second-order valence-corrected chi connectivity index (χ2v) is 8.11. The molecule has 2 amide bonds. The van der Waals surface area contributed by atoms with E-state index in [4.69, 9.17) is 9.47 Å². The molecule has 1 aromatic heterocycles. The molecule has 1 fully saturated rings. The van der Waals surface area contributed by atoms with Gasteiger partial charge in [-0.1, -0.05) is 24.3 Å². The quantitative estimate of drug-likeness (QED) is 0.616. The Labute approximate surface area is 167 Å². The number of nitrogens with one attached hydrogen (secondary N) is 2. The average Bonchev–Trinajstić information content (AvgIpc) is 3.51. The van der Waals surface area contributed by atoms with Gasteiger partial charge in [-0.25, -0.2) is 17.9 Å². The number of ketones is 1. The second-order valence-electron chi connectivity index (χ2n) is 6.39. The normalized spacial score (nSPS) is 13.4. The largest absolute Gasteiger partial charge is 0.481 e. The monoisotopic (exact) mass is 420 g/mol. The topological polar surface area (TPSA) is 137 Å². The van der Waals surface area contributed by atoms with Gasteiger partial charge in [-0.05, 0) is 18.4 Å². The van der Waals surface area contributed by atoms with Gasteiger partial charge in [0.15, 0.2) is 5.78 Å². The molecule has 1 heterocycles. The van der Waals surface area contributed by atoms with Gasteiger partial charge in [0.1, 0.15) is 0 Å². The summed E-state index contributed by atoms with van der Waals surface area (Å²) in [5.41, 5.74) is 0.700. The van der Waals surface area contributed by atoms with Crippen LogP contribution in [0.3, 0.4) is 0 Å². The number of urea groups is 1. The fraction of sp³-hybridized carbons (Fsp3) is 0.333. The van der Waals surface area contributed by atoms with E-state index in [0.29, 0.717) is 11.1 Å². The number of sulfonamides is 1. The number of nitrogens with zero attached hydrogens (tertiary/aromatic N) is 2. The van der Waals surface area contributed by atoms with Crippen molar-refractivity contribution in [2.45, 2.75) is 18.6 Å². The molecule has 0 radical (unpaired) electrons. The molecule has 11 heteroatoms. The Kier molecular flexibility index (Phi) is 5.97. The molecule has 0 unspecified atom stereocenters. The van der Waals surface area contributed by atoms with Crippen LogP contribution in [0.5, 0.6) is 11.8 Å². The molecule has 0 spiro atoms. The summed E-state index contributed by atoms with van der Waals surface area (Å²) in [5, 5.41) is 2.22. The van der Waals surface area contributed by atoms with Gasteiger partial charge >= 0.3 is 6.03 Å². The zero-order valence-electron chi connectivity index (χ0n) is 15.8. The highest BCUT2D eigenvalue weighted by molar-refractivity contribution is 7.89. The second kappa shape index (κ2) is 8.43. The van der Waals surface area contributed by atoms with Crippen molar-refractivity contribution >= 4 is 27.8 Å². The minimum atomic E-state index is -4.08. The number of carbonyl (C=O) groups excluding carboxylic acids is 2. The first-order chi connectivity index (χ1) is 13.8. The molecule has 0 bridgehead atoms. The standard InChI is InChI=1S/C18H20N4O6S/c1-27-14-9-15(28-2)20-17(19-14)21-18(24)22-29(25,26)10-12-5-3-4-6-13(12)16(23)11-7-8-11/h3-6,9,11H,7-8,10H2,1-2H3,(H2,19,20,21,22,24). The summed E-state index contributed by atoms with van der Waals surface area (Å²) < 4.78 is 36.7. The number of carbonyl (C=O) groups is 2.